The minimum Gasteiger partial charge on any atom is -0.496 e. The number of nitrogens with zero attached hydrogens (tertiary/aromatic N) is 1. The minimum absolute atomic E-state index is 0.177. The van der Waals surface area contributed by atoms with E-state index in [0.717, 1.165) is 5.69 Å². The van der Waals surface area contributed by atoms with E-state index >= 15 is 0 Å². The SMILES string of the molecule is COc1ccccc1C(=O)NC(C(=O)Nc1cccc(C(=O)NCc2ccccn2)c1)C(C)C. The van der Waals surface area contributed by atoms with Crippen molar-refractivity contribution in [1.29, 1.82) is 0 Å². The maximum atomic E-state index is 13.0. The zero-order valence-electron chi connectivity index (χ0n) is 19.4. The smallest absolute Gasteiger partial charge is 0.255 e. The first kappa shape index (κ1) is 24.4. The summed E-state index contributed by atoms with van der Waals surface area (Å²) in [6.45, 7) is 3.98. The maximum Gasteiger partial charge on any atom is 0.255 e. The lowest BCUT2D eigenvalue weighted by Gasteiger charge is -2.22. The van der Waals surface area contributed by atoms with E-state index in [4.69, 9.17) is 4.74 Å². The summed E-state index contributed by atoms with van der Waals surface area (Å²) in [5.74, 6) is -0.833. The predicted molar refractivity (Wildman–Crippen MR) is 130 cm³/mol. The van der Waals surface area contributed by atoms with Crippen LogP contribution in [0.15, 0.2) is 72.9 Å². The second-order valence-corrected chi connectivity index (χ2v) is 7.97. The lowest BCUT2D eigenvalue weighted by atomic mass is 10.0. The molecule has 1 atom stereocenters. The van der Waals surface area contributed by atoms with E-state index in [2.05, 4.69) is 20.9 Å². The molecule has 0 saturated carbocycles. The standard InChI is InChI=1S/C26H28N4O4/c1-17(2)23(30-25(32)21-12-4-5-13-22(21)34-3)26(33)29-19-11-8-9-18(15-19)24(31)28-16-20-10-6-7-14-27-20/h4-15,17,23H,16H2,1-3H3,(H,28,31)(H,29,33)(H,30,32). The summed E-state index contributed by atoms with van der Waals surface area (Å²) in [6.07, 6.45) is 1.66. The number of pyridine rings is 1. The molecular weight excluding hydrogens is 432 g/mol. The van der Waals surface area contributed by atoms with E-state index in [1.165, 1.54) is 7.11 Å². The fraction of sp³-hybridized carbons (Fsp3) is 0.231. The second-order valence-electron chi connectivity index (χ2n) is 7.97. The van der Waals surface area contributed by atoms with Gasteiger partial charge in [-0.1, -0.05) is 38.1 Å². The second kappa shape index (κ2) is 11.6. The van der Waals surface area contributed by atoms with Crippen LogP contribution in [0.25, 0.3) is 0 Å². The first-order valence-electron chi connectivity index (χ1n) is 10.9. The third-order valence-electron chi connectivity index (χ3n) is 5.14. The van der Waals surface area contributed by atoms with Gasteiger partial charge in [-0.3, -0.25) is 19.4 Å². The number of methoxy groups -OCH3 is 1. The van der Waals surface area contributed by atoms with Crippen molar-refractivity contribution in [3.05, 3.63) is 89.7 Å². The largest absolute Gasteiger partial charge is 0.496 e. The van der Waals surface area contributed by atoms with Crippen molar-refractivity contribution < 1.29 is 19.1 Å². The molecule has 3 aromatic rings. The number of amides is 3. The van der Waals surface area contributed by atoms with Gasteiger partial charge in [-0.15, -0.1) is 0 Å². The molecule has 1 unspecified atom stereocenters. The average molecular weight is 461 g/mol. The van der Waals surface area contributed by atoms with Crippen LogP contribution in [-0.4, -0.2) is 35.9 Å². The van der Waals surface area contributed by atoms with Gasteiger partial charge < -0.3 is 20.7 Å². The van der Waals surface area contributed by atoms with E-state index in [0.29, 0.717) is 29.1 Å². The number of para-hydroxylation sites is 1. The molecule has 0 aliphatic rings. The van der Waals surface area contributed by atoms with Gasteiger partial charge in [0.25, 0.3) is 11.8 Å². The summed E-state index contributed by atoms with van der Waals surface area (Å²) < 4.78 is 5.25. The highest BCUT2D eigenvalue weighted by molar-refractivity contribution is 6.03. The molecule has 0 bridgehead atoms. The van der Waals surface area contributed by atoms with Crippen molar-refractivity contribution in [3.63, 3.8) is 0 Å². The van der Waals surface area contributed by atoms with Gasteiger partial charge >= 0.3 is 0 Å². The lowest BCUT2D eigenvalue weighted by molar-refractivity contribution is -0.118. The number of nitrogens with one attached hydrogen (secondary N) is 3. The van der Waals surface area contributed by atoms with Crippen LogP contribution in [0.3, 0.4) is 0 Å². The number of anilines is 1. The monoisotopic (exact) mass is 460 g/mol. The van der Waals surface area contributed by atoms with Crippen molar-refractivity contribution in [2.45, 2.75) is 26.4 Å². The van der Waals surface area contributed by atoms with Crippen molar-refractivity contribution in [2.75, 3.05) is 12.4 Å². The van der Waals surface area contributed by atoms with Gasteiger partial charge in [0.2, 0.25) is 5.91 Å². The molecule has 0 aliphatic carbocycles. The zero-order valence-corrected chi connectivity index (χ0v) is 19.4. The summed E-state index contributed by atoms with van der Waals surface area (Å²) >= 11 is 0. The van der Waals surface area contributed by atoms with Gasteiger partial charge in [0.1, 0.15) is 11.8 Å². The number of carbonyl (C=O) groups is 3. The quantitative estimate of drug-likeness (QED) is 0.453. The van der Waals surface area contributed by atoms with E-state index in [1.807, 2.05) is 26.0 Å². The highest BCUT2D eigenvalue weighted by Gasteiger charge is 2.26. The Morgan fingerprint density at radius 2 is 1.71 bits per heavy atom. The Kier molecular flexibility index (Phi) is 8.34. The molecule has 0 saturated heterocycles. The Morgan fingerprint density at radius 3 is 2.41 bits per heavy atom. The highest BCUT2D eigenvalue weighted by Crippen LogP contribution is 2.18. The number of benzene rings is 2. The Bertz CT molecular complexity index is 1150. The maximum absolute atomic E-state index is 13.0. The number of ether oxygens (including phenoxy) is 1. The molecule has 0 aliphatic heterocycles. The van der Waals surface area contributed by atoms with Crippen LogP contribution in [-0.2, 0) is 11.3 Å². The number of hydrogen-bond acceptors (Lipinski definition) is 5. The summed E-state index contributed by atoms with van der Waals surface area (Å²) in [7, 11) is 1.48. The summed E-state index contributed by atoms with van der Waals surface area (Å²) in [6, 6.07) is 18.1. The van der Waals surface area contributed by atoms with Gasteiger partial charge in [-0.25, -0.2) is 0 Å². The molecule has 176 valence electrons. The van der Waals surface area contributed by atoms with Crippen molar-refractivity contribution in [2.24, 2.45) is 5.92 Å². The number of aromatic nitrogens is 1. The van der Waals surface area contributed by atoms with E-state index < -0.39 is 11.9 Å². The molecule has 2 aromatic carbocycles. The summed E-state index contributed by atoms with van der Waals surface area (Å²) in [5, 5.41) is 8.40. The Morgan fingerprint density at radius 1 is 0.941 bits per heavy atom. The molecule has 8 nitrogen and oxygen atoms in total. The van der Waals surface area contributed by atoms with Gasteiger partial charge in [0.05, 0.1) is 24.9 Å². The molecule has 1 aromatic heterocycles. The van der Waals surface area contributed by atoms with E-state index in [9.17, 15) is 14.4 Å². The van der Waals surface area contributed by atoms with Crippen molar-refractivity contribution in [1.82, 2.24) is 15.6 Å². The van der Waals surface area contributed by atoms with Gasteiger partial charge in [0.15, 0.2) is 0 Å². The predicted octanol–water partition coefficient (Wildman–Crippen LogP) is 3.41. The van der Waals surface area contributed by atoms with Gasteiger partial charge in [-0.05, 0) is 48.4 Å². The van der Waals surface area contributed by atoms with Crippen LogP contribution in [0.2, 0.25) is 0 Å². The number of carbonyl (C=O) groups excluding carboxylic acids is 3. The molecular formula is C26H28N4O4. The molecule has 3 N–H and O–H groups in total. The lowest BCUT2D eigenvalue weighted by Crippen LogP contribution is -2.47. The fourth-order valence-electron chi connectivity index (χ4n) is 3.32. The molecule has 0 radical (unpaired) electrons. The first-order valence-corrected chi connectivity index (χ1v) is 10.9. The molecule has 0 spiro atoms. The Labute approximate surface area is 198 Å². The third kappa shape index (κ3) is 6.41. The van der Waals surface area contributed by atoms with Crippen LogP contribution in [0.4, 0.5) is 5.69 Å². The average Bonchev–Trinajstić information content (AvgIpc) is 2.86. The topological polar surface area (TPSA) is 109 Å². The van der Waals surface area contributed by atoms with Gasteiger partial charge in [0, 0.05) is 17.4 Å². The van der Waals surface area contributed by atoms with E-state index in [-0.39, 0.29) is 17.7 Å². The Balaban J connectivity index is 1.66. The zero-order chi connectivity index (χ0) is 24.5. The van der Waals surface area contributed by atoms with Crippen LogP contribution < -0.4 is 20.7 Å². The van der Waals surface area contributed by atoms with Crippen LogP contribution in [0.5, 0.6) is 5.75 Å². The molecule has 8 heteroatoms. The van der Waals surface area contributed by atoms with Gasteiger partial charge in [-0.2, -0.15) is 0 Å². The summed E-state index contributed by atoms with van der Waals surface area (Å²) in [5.41, 5.74) is 1.93. The van der Waals surface area contributed by atoms with Crippen LogP contribution in [0.1, 0.15) is 40.3 Å². The van der Waals surface area contributed by atoms with Crippen molar-refractivity contribution in [3.8, 4) is 5.75 Å². The number of hydrogen-bond donors (Lipinski definition) is 3. The molecule has 0 fully saturated rings. The Hall–Kier alpha value is -4.20. The van der Waals surface area contributed by atoms with Crippen LogP contribution >= 0.6 is 0 Å². The summed E-state index contributed by atoms with van der Waals surface area (Å²) in [4.78, 5) is 42.5. The molecule has 34 heavy (non-hydrogen) atoms. The normalized spacial score (nSPS) is 11.4. The van der Waals surface area contributed by atoms with Crippen LogP contribution in [0, 0.1) is 5.92 Å². The number of rotatable bonds is 9. The first-order chi connectivity index (χ1) is 16.4. The molecule has 3 amide bonds. The minimum atomic E-state index is -0.793. The molecule has 1 heterocycles. The molecule has 3 rings (SSSR count). The third-order valence-corrected chi connectivity index (χ3v) is 5.14. The van der Waals surface area contributed by atoms with Crippen molar-refractivity contribution >= 4 is 23.4 Å². The van der Waals surface area contributed by atoms with E-state index in [1.54, 1.807) is 60.8 Å². The fourth-order valence-corrected chi connectivity index (χ4v) is 3.32. The highest BCUT2D eigenvalue weighted by atomic mass is 16.5.